The minimum atomic E-state index is -0.693. The molecule has 184 valence electrons. The van der Waals surface area contributed by atoms with E-state index in [2.05, 4.69) is 21.2 Å². The van der Waals surface area contributed by atoms with E-state index in [1.54, 1.807) is 4.90 Å². The van der Waals surface area contributed by atoms with Crippen molar-refractivity contribution in [1.29, 1.82) is 0 Å². The fraction of sp³-hybridized carbons (Fsp3) is 0.286. The molecule has 0 saturated carbocycles. The second-order valence-corrected chi connectivity index (χ2v) is 9.71. The molecule has 0 aromatic heterocycles. The molecule has 0 aliphatic carbocycles. The summed E-state index contributed by atoms with van der Waals surface area (Å²) in [5.41, 5.74) is 3.64. The second kappa shape index (κ2) is 12.8. The molecule has 0 bridgehead atoms. The molecule has 0 aliphatic rings. The summed E-state index contributed by atoms with van der Waals surface area (Å²) in [6.45, 7) is 6.21. The summed E-state index contributed by atoms with van der Waals surface area (Å²) in [4.78, 5) is 28.4. The molecule has 35 heavy (non-hydrogen) atoms. The number of ether oxygens (including phenoxy) is 1. The number of rotatable bonds is 10. The van der Waals surface area contributed by atoms with Gasteiger partial charge in [-0.2, -0.15) is 0 Å². The molecule has 0 spiro atoms. The van der Waals surface area contributed by atoms with E-state index >= 15 is 0 Å². The first-order chi connectivity index (χ1) is 16.8. The monoisotopic (exact) mass is 556 g/mol. The van der Waals surface area contributed by atoms with E-state index in [-0.39, 0.29) is 25.0 Å². The third-order valence-corrected chi connectivity index (χ3v) is 6.73. The molecule has 5 nitrogen and oxygen atoms in total. The average Bonchev–Trinajstić information content (AvgIpc) is 2.84. The Morgan fingerprint density at radius 1 is 1.00 bits per heavy atom. The van der Waals surface area contributed by atoms with Gasteiger partial charge >= 0.3 is 0 Å². The van der Waals surface area contributed by atoms with Gasteiger partial charge in [0.25, 0.3) is 5.91 Å². The van der Waals surface area contributed by atoms with E-state index in [1.807, 2.05) is 87.5 Å². The highest BCUT2D eigenvalue weighted by molar-refractivity contribution is 9.10. The van der Waals surface area contributed by atoms with Crippen LogP contribution in [-0.4, -0.2) is 35.9 Å². The van der Waals surface area contributed by atoms with Crippen LogP contribution in [0, 0.1) is 13.8 Å². The van der Waals surface area contributed by atoms with Crippen LogP contribution in [0.15, 0.2) is 71.2 Å². The normalized spacial score (nSPS) is 11.6. The maximum absolute atomic E-state index is 13.6. The summed E-state index contributed by atoms with van der Waals surface area (Å²) >= 11 is 9.77. The molecule has 1 N–H and O–H groups in total. The van der Waals surface area contributed by atoms with Gasteiger partial charge in [0.05, 0.1) is 0 Å². The lowest BCUT2D eigenvalue weighted by Gasteiger charge is -2.31. The number of halogens is 2. The lowest BCUT2D eigenvalue weighted by atomic mass is 10.0. The van der Waals surface area contributed by atoms with E-state index in [9.17, 15) is 9.59 Å². The zero-order valence-corrected chi connectivity index (χ0v) is 22.5. The maximum atomic E-state index is 13.6. The van der Waals surface area contributed by atoms with Crippen molar-refractivity contribution in [2.75, 3.05) is 13.2 Å². The Bertz CT molecular complexity index is 1150. The molecule has 2 amide bonds. The number of carbonyl (C=O) groups is 2. The van der Waals surface area contributed by atoms with Gasteiger partial charge in [-0.15, -0.1) is 0 Å². The summed E-state index contributed by atoms with van der Waals surface area (Å²) < 4.78 is 6.78. The Hall–Kier alpha value is -2.83. The minimum Gasteiger partial charge on any atom is -0.484 e. The highest BCUT2D eigenvalue weighted by atomic mass is 79.9. The van der Waals surface area contributed by atoms with Gasteiger partial charge in [0.1, 0.15) is 11.8 Å². The third-order valence-electron chi connectivity index (χ3n) is 5.64. The van der Waals surface area contributed by atoms with Gasteiger partial charge in [-0.25, -0.2) is 0 Å². The van der Waals surface area contributed by atoms with Crippen molar-refractivity contribution >= 4 is 39.3 Å². The summed E-state index contributed by atoms with van der Waals surface area (Å²) in [6.07, 6.45) is 0.394. The van der Waals surface area contributed by atoms with Gasteiger partial charge < -0.3 is 15.0 Å². The Morgan fingerprint density at radius 3 is 2.29 bits per heavy atom. The number of amides is 2. The van der Waals surface area contributed by atoms with Crippen LogP contribution in [0.1, 0.15) is 29.2 Å². The van der Waals surface area contributed by atoms with Crippen molar-refractivity contribution in [3.05, 3.63) is 98.5 Å². The predicted molar refractivity (Wildman–Crippen MR) is 144 cm³/mol. The second-order valence-electron chi connectivity index (χ2n) is 8.41. The quantitative estimate of drug-likeness (QED) is 0.339. The van der Waals surface area contributed by atoms with E-state index in [0.29, 0.717) is 23.7 Å². The van der Waals surface area contributed by atoms with E-state index in [1.165, 1.54) is 0 Å². The SMILES string of the molecule is CCNC(=O)[C@@H](Cc1ccccc1)N(Cc1cccc(Br)c1)C(=O)COc1cc(C)c(Cl)c(C)c1. The molecule has 3 aromatic carbocycles. The van der Waals surface area contributed by atoms with E-state index in [0.717, 1.165) is 26.7 Å². The first-order valence-corrected chi connectivity index (χ1v) is 12.7. The first-order valence-electron chi connectivity index (χ1n) is 11.5. The van der Waals surface area contributed by atoms with E-state index in [4.69, 9.17) is 16.3 Å². The van der Waals surface area contributed by atoms with Crippen LogP contribution in [-0.2, 0) is 22.6 Å². The zero-order valence-electron chi connectivity index (χ0n) is 20.2. The number of hydrogen-bond acceptors (Lipinski definition) is 3. The van der Waals surface area contributed by atoms with Gasteiger partial charge in [0, 0.05) is 29.0 Å². The number of nitrogens with one attached hydrogen (secondary N) is 1. The highest BCUT2D eigenvalue weighted by Gasteiger charge is 2.30. The van der Waals surface area contributed by atoms with Crippen molar-refractivity contribution in [3.8, 4) is 5.75 Å². The number of carbonyl (C=O) groups excluding carboxylic acids is 2. The van der Waals surface area contributed by atoms with Gasteiger partial charge in [0.15, 0.2) is 6.61 Å². The molecule has 1 atom stereocenters. The van der Waals surface area contributed by atoms with Crippen LogP contribution < -0.4 is 10.1 Å². The Labute approximate surface area is 220 Å². The van der Waals surface area contributed by atoms with Crippen molar-refractivity contribution in [3.63, 3.8) is 0 Å². The lowest BCUT2D eigenvalue weighted by molar-refractivity contribution is -0.142. The Balaban J connectivity index is 1.90. The summed E-state index contributed by atoms with van der Waals surface area (Å²) in [5.74, 6) is 0.0954. The molecule has 3 rings (SSSR count). The minimum absolute atomic E-state index is 0.195. The molecule has 3 aromatic rings. The fourth-order valence-electron chi connectivity index (χ4n) is 3.90. The largest absolute Gasteiger partial charge is 0.484 e. The van der Waals surface area contributed by atoms with Gasteiger partial charge in [-0.3, -0.25) is 9.59 Å². The number of likely N-dealkylation sites (N-methyl/N-ethyl adjacent to an activating group) is 1. The molecule has 0 unspecified atom stereocenters. The standard InChI is InChI=1S/C28H30BrClN2O3/c1-4-31-28(34)25(16-21-9-6-5-7-10-21)32(17-22-11-8-12-23(29)15-22)26(33)18-35-24-13-19(2)27(30)20(3)14-24/h5-15,25H,4,16-18H2,1-3H3,(H,31,34)/t25-/m1/s1. The van der Waals surface area contributed by atoms with Crippen molar-refractivity contribution in [1.82, 2.24) is 10.2 Å². The average molecular weight is 558 g/mol. The van der Waals surface area contributed by atoms with Gasteiger partial charge in [-0.05, 0) is 67.3 Å². The highest BCUT2D eigenvalue weighted by Crippen LogP contribution is 2.26. The molecular formula is C28H30BrClN2O3. The Morgan fingerprint density at radius 2 is 1.66 bits per heavy atom. The molecule has 0 radical (unpaired) electrons. The first kappa shape index (κ1) is 26.8. The van der Waals surface area contributed by atoms with Crippen molar-refractivity contribution in [2.24, 2.45) is 0 Å². The van der Waals surface area contributed by atoms with Crippen LogP contribution in [0.3, 0.4) is 0 Å². The van der Waals surface area contributed by atoms with Gasteiger partial charge in [0.2, 0.25) is 5.91 Å². The van der Waals surface area contributed by atoms with E-state index < -0.39 is 6.04 Å². The molecular weight excluding hydrogens is 528 g/mol. The predicted octanol–water partition coefficient (Wildman–Crippen LogP) is 5.87. The van der Waals surface area contributed by atoms with Crippen LogP contribution in [0.25, 0.3) is 0 Å². The number of nitrogens with zero attached hydrogens (tertiary/aromatic N) is 1. The van der Waals surface area contributed by atoms with Crippen LogP contribution >= 0.6 is 27.5 Å². The number of benzene rings is 3. The van der Waals surface area contributed by atoms with Crippen molar-refractivity contribution < 1.29 is 14.3 Å². The summed E-state index contributed by atoms with van der Waals surface area (Å²) in [6, 6.07) is 20.4. The third kappa shape index (κ3) is 7.58. The number of aryl methyl sites for hydroxylation is 2. The Kier molecular flexibility index (Phi) is 9.75. The molecule has 0 aliphatic heterocycles. The molecule has 0 fully saturated rings. The summed E-state index contributed by atoms with van der Waals surface area (Å²) in [7, 11) is 0. The van der Waals surface area contributed by atoms with Crippen LogP contribution in [0.4, 0.5) is 0 Å². The molecule has 0 saturated heterocycles. The van der Waals surface area contributed by atoms with Crippen molar-refractivity contribution in [2.45, 2.75) is 39.8 Å². The van der Waals surface area contributed by atoms with Crippen LogP contribution in [0.2, 0.25) is 5.02 Å². The fourth-order valence-corrected chi connectivity index (χ4v) is 4.45. The lowest BCUT2D eigenvalue weighted by Crippen LogP contribution is -2.51. The topological polar surface area (TPSA) is 58.6 Å². The van der Waals surface area contributed by atoms with Crippen LogP contribution in [0.5, 0.6) is 5.75 Å². The summed E-state index contributed by atoms with van der Waals surface area (Å²) in [5, 5.41) is 3.58. The number of hydrogen-bond donors (Lipinski definition) is 1. The smallest absolute Gasteiger partial charge is 0.261 e. The molecule has 7 heteroatoms. The zero-order chi connectivity index (χ0) is 25.4. The molecule has 0 heterocycles. The maximum Gasteiger partial charge on any atom is 0.261 e. The van der Waals surface area contributed by atoms with Gasteiger partial charge in [-0.1, -0.05) is 70.0 Å².